The molecule has 5 heteroatoms. The normalized spacial score (nSPS) is 45.9. The maximum Gasteiger partial charge on any atom is 0.184 e. The second-order valence-corrected chi connectivity index (χ2v) is 12.2. The van der Waals surface area contributed by atoms with Gasteiger partial charge in [-0.15, -0.1) is 0 Å². The fraction of sp³-hybridized carbons (Fsp3) is 1.00. The van der Waals surface area contributed by atoms with Crippen LogP contribution in [0.25, 0.3) is 10.4 Å². The highest BCUT2D eigenvalue weighted by atomic mass is 28.4. The highest BCUT2D eigenvalue weighted by Crippen LogP contribution is 2.60. The molecule has 2 unspecified atom stereocenters. The van der Waals surface area contributed by atoms with Crippen LogP contribution in [-0.2, 0) is 4.43 Å². The van der Waals surface area contributed by atoms with E-state index in [0.717, 1.165) is 31.1 Å². The Hall–Kier alpha value is -0.513. The summed E-state index contributed by atoms with van der Waals surface area (Å²) in [4.78, 5) is 3.13. The van der Waals surface area contributed by atoms with Gasteiger partial charge in [-0.2, -0.15) is 0 Å². The lowest BCUT2D eigenvalue weighted by Crippen LogP contribution is -2.61. The van der Waals surface area contributed by atoms with Crippen LogP contribution in [0.4, 0.5) is 0 Å². The first kappa shape index (κ1) is 12.5. The molecule has 0 radical (unpaired) electrons. The number of hydrogen-bond donors (Lipinski definition) is 0. The molecule has 4 fully saturated rings. The molecule has 0 saturated heterocycles. The van der Waals surface area contributed by atoms with E-state index < -0.39 is 8.32 Å². The van der Waals surface area contributed by atoms with Crippen molar-refractivity contribution < 1.29 is 4.43 Å². The summed E-state index contributed by atoms with van der Waals surface area (Å²) in [7, 11) is -1.53. The van der Waals surface area contributed by atoms with Gasteiger partial charge in [0.05, 0.1) is 11.1 Å². The summed E-state index contributed by atoms with van der Waals surface area (Å²) in [5, 5.41) is 4.21. The van der Waals surface area contributed by atoms with E-state index in [1.807, 2.05) is 0 Å². The summed E-state index contributed by atoms with van der Waals surface area (Å²) in [5.41, 5.74) is 8.80. The maximum absolute atomic E-state index is 8.87. The zero-order chi connectivity index (χ0) is 13.0. The third kappa shape index (κ3) is 2.08. The summed E-state index contributed by atoms with van der Waals surface area (Å²) < 4.78 is 6.56. The highest BCUT2D eigenvalue weighted by molar-refractivity contribution is 6.69. The van der Waals surface area contributed by atoms with Crippen molar-refractivity contribution in [1.29, 1.82) is 0 Å². The second-order valence-electron chi connectivity index (χ2n) is 7.77. The van der Waals surface area contributed by atoms with Gasteiger partial charge >= 0.3 is 0 Å². The molecule has 0 aromatic carbocycles. The number of rotatable bonds is 3. The Kier molecular flexibility index (Phi) is 2.61. The smallest absolute Gasteiger partial charge is 0.184 e. The standard InChI is InChI=1S/C13H23N3OSi/c1-18(2,3)17-13-7-10-4-11(8-13)6-12(5-10,9-13)15-16-14/h10-11H,4-9H2,1-3H3/t10-,11+,12?,13?. The van der Waals surface area contributed by atoms with Gasteiger partial charge in [-0.1, -0.05) is 5.11 Å². The highest BCUT2D eigenvalue weighted by Gasteiger charge is 2.58. The monoisotopic (exact) mass is 265 g/mol. The molecule has 4 atom stereocenters. The lowest BCUT2D eigenvalue weighted by molar-refractivity contribution is -0.121. The van der Waals surface area contributed by atoms with Crippen molar-refractivity contribution in [2.75, 3.05) is 0 Å². The molecule has 0 aromatic rings. The maximum atomic E-state index is 8.87. The molecule has 4 saturated carbocycles. The Morgan fingerprint density at radius 3 is 2.28 bits per heavy atom. The molecule has 100 valence electrons. The molecule has 0 N–H and O–H groups in total. The molecule has 0 spiro atoms. The quantitative estimate of drug-likeness (QED) is 0.326. The molecular formula is C13H23N3OSi. The third-order valence-corrected chi connectivity index (χ3v) is 5.80. The van der Waals surface area contributed by atoms with E-state index >= 15 is 0 Å². The molecular weight excluding hydrogens is 242 g/mol. The van der Waals surface area contributed by atoms with Crippen molar-refractivity contribution in [2.45, 2.75) is 69.3 Å². The van der Waals surface area contributed by atoms with Crippen molar-refractivity contribution in [1.82, 2.24) is 0 Å². The summed E-state index contributed by atoms with van der Waals surface area (Å²) >= 11 is 0. The minimum absolute atomic E-state index is 0.0444. The fourth-order valence-corrected chi connectivity index (χ4v) is 6.65. The van der Waals surface area contributed by atoms with Crippen molar-refractivity contribution in [3.63, 3.8) is 0 Å². The summed E-state index contributed by atoms with van der Waals surface area (Å²) in [5.74, 6) is 1.46. The molecule has 18 heavy (non-hydrogen) atoms. The van der Waals surface area contributed by atoms with Gasteiger partial charge in [-0.25, -0.2) is 0 Å². The minimum atomic E-state index is -1.53. The van der Waals surface area contributed by atoms with Crippen LogP contribution in [0.15, 0.2) is 5.11 Å². The molecule has 0 aromatic heterocycles. The first-order valence-corrected chi connectivity index (χ1v) is 10.5. The SMILES string of the molecule is C[Si](C)(C)OC12C[C@@H]3C[C@@H](CC(N=[N+]=[N-])(C3)C1)C2. The van der Waals surface area contributed by atoms with Crippen LogP contribution in [0.5, 0.6) is 0 Å². The lowest BCUT2D eigenvalue weighted by atomic mass is 9.51. The van der Waals surface area contributed by atoms with Gasteiger partial charge in [0.1, 0.15) is 0 Å². The van der Waals surface area contributed by atoms with Crippen LogP contribution < -0.4 is 0 Å². The average Bonchev–Trinajstić information content (AvgIpc) is 2.09. The van der Waals surface area contributed by atoms with Gasteiger partial charge in [0.2, 0.25) is 0 Å². The Balaban J connectivity index is 1.92. The number of hydrogen-bond acceptors (Lipinski definition) is 2. The largest absolute Gasteiger partial charge is 0.412 e. The molecule has 4 rings (SSSR count). The van der Waals surface area contributed by atoms with Crippen molar-refractivity contribution in [3.8, 4) is 0 Å². The summed E-state index contributed by atoms with van der Waals surface area (Å²) in [6, 6.07) is 0. The van der Waals surface area contributed by atoms with E-state index in [1.54, 1.807) is 0 Å². The van der Waals surface area contributed by atoms with Gasteiger partial charge in [-0.3, -0.25) is 0 Å². The molecule has 0 heterocycles. The summed E-state index contributed by atoms with van der Waals surface area (Å²) in [6.07, 6.45) is 6.92. The molecule has 4 aliphatic carbocycles. The third-order valence-electron chi connectivity index (χ3n) is 4.76. The van der Waals surface area contributed by atoms with Gasteiger partial charge in [0.25, 0.3) is 0 Å². The van der Waals surface area contributed by atoms with Gasteiger partial charge < -0.3 is 4.43 Å². The van der Waals surface area contributed by atoms with E-state index in [0.29, 0.717) is 0 Å². The van der Waals surface area contributed by atoms with Crippen LogP contribution in [0.2, 0.25) is 19.6 Å². The summed E-state index contributed by atoms with van der Waals surface area (Å²) in [6.45, 7) is 6.81. The number of azide groups is 1. The van der Waals surface area contributed by atoms with E-state index in [9.17, 15) is 0 Å². The topological polar surface area (TPSA) is 58.0 Å². The molecule has 4 bridgehead atoms. The minimum Gasteiger partial charge on any atom is -0.412 e. The predicted molar refractivity (Wildman–Crippen MR) is 73.7 cm³/mol. The van der Waals surface area contributed by atoms with E-state index in [4.69, 9.17) is 9.96 Å². The van der Waals surface area contributed by atoms with Crippen LogP contribution >= 0.6 is 0 Å². The van der Waals surface area contributed by atoms with Gasteiger partial charge in [0.15, 0.2) is 8.32 Å². The van der Waals surface area contributed by atoms with Gasteiger partial charge in [-0.05, 0) is 75.5 Å². The Morgan fingerprint density at radius 1 is 1.17 bits per heavy atom. The Labute approximate surface area is 110 Å². The van der Waals surface area contributed by atoms with Gasteiger partial charge in [0, 0.05) is 4.91 Å². The van der Waals surface area contributed by atoms with Crippen molar-refractivity contribution >= 4 is 8.32 Å². The average molecular weight is 265 g/mol. The van der Waals surface area contributed by atoms with Crippen LogP contribution in [0.1, 0.15) is 38.5 Å². The predicted octanol–water partition coefficient (Wildman–Crippen LogP) is 4.24. The Bertz CT molecular complexity index is 397. The zero-order valence-corrected chi connectivity index (χ0v) is 12.6. The first-order chi connectivity index (χ1) is 8.34. The van der Waals surface area contributed by atoms with Crippen LogP contribution in [-0.4, -0.2) is 19.5 Å². The van der Waals surface area contributed by atoms with Crippen LogP contribution in [0.3, 0.4) is 0 Å². The van der Waals surface area contributed by atoms with E-state index in [1.165, 1.54) is 19.3 Å². The van der Waals surface area contributed by atoms with E-state index in [-0.39, 0.29) is 11.1 Å². The van der Waals surface area contributed by atoms with Crippen LogP contribution in [0, 0.1) is 11.8 Å². The molecule has 4 aliphatic rings. The number of nitrogens with zero attached hydrogens (tertiary/aromatic N) is 3. The molecule has 4 nitrogen and oxygen atoms in total. The molecule has 0 amide bonds. The first-order valence-electron chi connectivity index (χ1n) is 7.10. The Morgan fingerprint density at radius 2 is 1.78 bits per heavy atom. The zero-order valence-electron chi connectivity index (χ0n) is 11.6. The molecule has 0 aliphatic heterocycles. The fourth-order valence-electron chi connectivity index (χ4n) is 5.11. The van der Waals surface area contributed by atoms with Crippen molar-refractivity contribution in [3.05, 3.63) is 10.4 Å². The van der Waals surface area contributed by atoms with Crippen molar-refractivity contribution in [2.24, 2.45) is 17.0 Å². The second kappa shape index (κ2) is 3.75. The lowest BCUT2D eigenvalue weighted by Gasteiger charge is -2.61. The van der Waals surface area contributed by atoms with E-state index in [2.05, 4.69) is 29.7 Å².